The number of amides is 1. The van der Waals surface area contributed by atoms with E-state index in [1.54, 1.807) is 4.90 Å². The van der Waals surface area contributed by atoms with Crippen LogP contribution in [0, 0.1) is 0 Å². The van der Waals surface area contributed by atoms with Crippen LogP contribution in [0.5, 0.6) is 0 Å². The standard InChI is InChI=1S/C20H29N5O/c1-4-25-16-17(14-21-25)15-24-12-10-20(11-13-24,19(26)23(2)3)22-18-8-6-5-7-9-18/h5-9,14,16,22H,4,10-13,15H2,1-3H3. The zero-order chi connectivity index (χ0) is 18.6. The molecule has 6 heteroatoms. The van der Waals surface area contributed by atoms with Crippen LogP contribution in [-0.2, 0) is 17.9 Å². The van der Waals surface area contributed by atoms with Gasteiger partial charge in [-0.05, 0) is 31.9 Å². The van der Waals surface area contributed by atoms with Gasteiger partial charge in [-0.25, -0.2) is 0 Å². The van der Waals surface area contributed by atoms with Gasteiger partial charge in [0.2, 0.25) is 5.91 Å². The third-order valence-electron chi connectivity index (χ3n) is 5.10. The van der Waals surface area contributed by atoms with Crippen molar-refractivity contribution in [1.82, 2.24) is 19.6 Å². The summed E-state index contributed by atoms with van der Waals surface area (Å²) >= 11 is 0. The van der Waals surface area contributed by atoms with Crippen molar-refractivity contribution in [3.05, 3.63) is 48.3 Å². The number of carbonyl (C=O) groups is 1. The van der Waals surface area contributed by atoms with Crippen LogP contribution < -0.4 is 5.32 Å². The molecule has 26 heavy (non-hydrogen) atoms. The van der Waals surface area contributed by atoms with E-state index >= 15 is 0 Å². The molecular weight excluding hydrogens is 326 g/mol. The molecule has 0 spiro atoms. The highest BCUT2D eigenvalue weighted by Crippen LogP contribution is 2.29. The number of piperidine rings is 1. The number of likely N-dealkylation sites (N-methyl/N-ethyl adjacent to an activating group) is 1. The van der Waals surface area contributed by atoms with Crippen LogP contribution in [0.25, 0.3) is 0 Å². The number of para-hydroxylation sites is 1. The lowest BCUT2D eigenvalue weighted by Crippen LogP contribution is -2.57. The molecule has 6 nitrogen and oxygen atoms in total. The minimum atomic E-state index is -0.533. The van der Waals surface area contributed by atoms with E-state index in [-0.39, 0.29) is 5.91 Å². The number of hydrogen-bond acceptors (Lipinski definition) is 4. The van der Waals surface area contributed by atoms with E-state index < -0.39 is 5.54 Å². The normalized spacial score (nSPS) is 17.0. The van der Waals surface area contributed by atoms with Gasteiger partial charge in [-0.3, -0.25) is 14.4 Å². The van der Waals surface area contributed by atoms with Crippen molar-refractivity contribution >= 4 is 11.6 Å². The summed E-state index contributed by atoms with van der Waals surface area (Å²) in [6.07, 6.45) is 5.63. The highest BCUT2D eigenvalue weighted by Gasteiger charge is 2.42. The van der Waals surface area contributed by atoms with E-state index in [4.69, 9.17) is 0 Å². The molecule has 0 radical (unpaired) electrons. The molecule has 0 aliphatic carbocycles. The first-order chi connectivity index (χ1) is 12.5. The van der Waals surface area contributed by atoms with Gasteiger partial charge in [-0.1, -0.05) is 18.2 Å². The van der Waals surface area contributed by atoms with Crippen LogP contribution in [0.4, 0.5) is 5.69 Å². The first-order valence-electron chi connectivity index (χ1n) is 9.31. The molecule has 1 aliphatic heterocycles. The molecule has 1 aromatic heterocycles. The fourth-order valence-electron chi connectivity index (χ4n) is 3.63. The molecule has 1 aromatic carbocycles. The number of anilines is 1. The summed E-state index contributed by atoms with van der Waals surface area (Å²) in [5.41, 5.74) is 1.70. The Kier molecular flexibility index (Phi) is 5.61. The number of nitrogens with one attached hydrogen (secondary N) is 1. The zero-order valence-electron chi connectivity index (χ0n) is 16.0. The van der Waals surface area contributed by atoms with Gasteiger partial charge in [0, 0.05) is 57.7 Å². The van der Waals surface area contributed by atoms with Crippen molar-refractivity contribution in [3.63, 3.8) is 0 Å². The van der Waals surface area contributed by atoms with Crippen molar-refractivity contribution in [3.8, 4) is 0 Å². The molecule has 1 amide bonds. The first-order valence-corrected chi connectivity index (χ1v) is 9.31. The summed E-state index contributed by atoms with van der Waals surface area (Å²) in [7, 11) is 3.67. The SMILES string of the molecule is CCn1cc(CN2CCC(Nc3ccccc3)(C(=O)N(C)C)CC2)cn1. The van der Waals surface area contributed by atoms with Gasteiger partial charge in [-0.2, -0.15) is 5.10 Å². The number of aryl methyl sites for hydroxylation is 1. The fourth-order valence-corrected chi connectivity index (χ4v) is 3.63. The Balaban J connectivity index is 1.69. The maximum atomic E-state index is 13.0. The first kappa shape index (κ1) is 18.5. The second kappa shape index (κ2) is 7.91. The lowest BCUT2D eigenvalue weighted by Gasteiger charge is -2.43. The number of nitrogens with zero attached hydrogens (tertiary/aromatic N) is 4. The largest absolute Gasteiger partial charge is 0.371 e. The van der Waals surface area contributed by atoms with Crippen LogP contribution in [0.3, 0.4) is 0 Å². The van der Waals surface area contributed by atoms with Crippen molar-refractivity contribution in [2.24, 2.45) is 0 Å². The molecule has 1 saturated heterocycles. The fraction of sp³-hybridized carbons (Fsp3) is 0.500. The molecule has 1 fully saturated rings. The Morgan fingerprint density at radius 2 is 1.92 bits per heavy atom. The molecule has 0 atom stereocenters. The number of aromatic nitrogens is 2. The van der Waals surface area contributed by atoms with Crippen molar-refractivity contribution < 1.29 is 4.79 Å². The van der Waals surface area contributed by atoms with Crippen LogP contribution in [-0.4, -0.2) is 58.2 Å². The molecule has 2 aromatic rings. The van der Waals surface area contributed by atoms with E-state index in [0.29, 0.717) is 0 Å². The topological polar surface area (TPSA) is 53.4 Å². The van der Waals surface area contributed by atoms with Gasteiger partial charge in [-0.15, -0.1) is 0 Å². The Hall–Kier alpha value is -2.34. The Morgan fingerprint density at radius 1 is 1.23 bits per heavy atom. The van der Waals surface area contributed by atoms with Gasteiger partial charge >= 0.3 is 0 Å². The lowest BCUT2D eigenvalue weighted by molar-refractivity contribution is -0.135. The molecule has 0 bridgehead atoms. The molecule has 0 saturated carbocycles. The molecule has 3 rings (SSSR count). The van der Waals surface area contributed by atoms with E-state index in [9.17, 15) is 4.79 Å². The Morgan fingerprint density at radius 3 is 2.50 bits per heavy atom. The summed E-state index contributed by atoms with van der Waals surface area (Å²) in [4.78, 5) is 17.1. The second-order valence-corrected chi connectivity index (χ2v) is 7.25. The van der Waals surface area contributed by atoms with E-state index in [2.05, 4.69) is 28.4 Å². The number of hydrogen-bond donors (Lipinski definition) is 1. The predicted molar refractivity (Wildman–Crippen MR) is 104 cm³/mol. The van der Waals surface area contributed by atoms with E-state index in [0.717, 1.165) is 44.7 Å². The highest BCUT2D eigenvalue weighted by molar-refractivity contribution is 5.89. The third-order valence-corrected chi connectivity index (χ3v) is 5.10. The minimum Gasteiger partial charge on any atom is -0.371 e. The van der Waals surface area contributed by atoms with E-state index in [1.807, 2.05) is 55.3 Å². The van der Waals surface area contributed by atoms with Gasteiger partial charge in [0.05, 0.1) is 6.20 Å². The summed E-state index contributed by atoms with van der Waals surface area (Å²) in [5, 5.41) is 7.89. The van der Waals surface area contributed by atoms with Gasteiger partial charge in [0.1, 0.15) is 5.54 Å². The smallest absolute Gasteiger partial charge is 0.247 e. The van der Waals surface area contributed by atoms with Crippen molar-refractivity contribution in [2.45, 2.75) is 38.4 Å². The summed E-state index contributed by atoms with van der Waals surface area (Å²) in [6, 6.07) is 10.0. The van der Waals surface area contributed by atoms with Gasteiger partial charge < -0.3 is 10.2 Å². The predicted octanol–water partition coefficient (Wildman–Crippen LogP) is 2.44. The molecule has 1 N–H and O–H groups in total. The van der Waals surface area contributed by atoms with Crippen molar-refractivity contribution in [1.29, 1.82) is 0 Å². The molecule has 0 unspecified atom stereocenters. The molecular formula is C20H29N5O. The van der Waals surface area contributed by atoms with Crippen molar-refractivity contribution in [2.75, 3.05) is 32.5 Å². The van der Waals surface area contributed by atoms with Crippen LogP contribution in [0.15, 0.2) is 42.7 Å². The number of rotatable bonds is 6. The van der Waals surface area contributed by atoms with E-state index in [1.165, 1.54) is 5.56 Å². The lowest BCUT2D eigenvalue weighted by atomic mass is 9.85. The van der Waals surface area contributed by atoms with Crippen LogP contribution in [0.1, 0.15) is 25.3 Å². The Labute approximate surface area is 155 Å². The monoisotopic (exact) mass is 355 g/mol. The van der Waals surface area contributed by atoms with Crippen LogP contribution in [0.2, 0.25) is 0 Å². The number of likely N-dealkylation sites (tertiary alicyclic amines) is 1. The minimum absolute atomic E-state index is 0.153. The summed E-state index contributed by atoms with van der Waals surface area (Å²) in [6.45, 7) is 5.64. The average Bonchev–Trinajstić information content (AvgIpc) is 3.11. The molecule has 2 heterocycles. The highest BCUT2D eigenvalue weighted by atomic mass is 16.2. The maximum absolute atomic E-state index is 13.0. The zero-order valence-corrected chi connectivity index (χ0v) is 16.0. The third kappa shape index (κ3) is 4.07. The number of benzene rings is 1. The maximum Gasteiger partial charge on any atom is 0.247 e. The van der Waals surface area contributed by atoms with Gasteiger partial charge in [0.25, 0.3) is 0 Å². The second-order valence-electron chi connectivity index (χ2n) is 7.25. The molecule has 140 valence electrons. The Bertz CT molecular complexity index is 717. The van der Waals surface area contributed by atoms with Gasteiger partial charge in [0.15, 0.2) is 0 Å². The van der Waals surface area contributed by atoms with Crippen LogP contribution >= 0.6 is 0 Å². The number of carbonyl (C=O) groups excluding carboxylic acids is 1. The summed E-state index contributed by atoms with van der Waals surface area (Å²) < 4.78 is 1.95. The molecule has 1 aliphatic rings. The average molecular weight is 355 g/mol. The quantitative estimate of drug-likeness (QED) is 0.865. The summed E-state index contributed by atoms with van der Waals surface area (Å²) in [5.74, 6) is 0.153.